The molecular weight excluding hydrogens is 320 g/mol. The van der Waals surface area contributed by atoms with Crippen LogP contribution >= 0.6 is 0 Å². The second-order valence-electron chi connectivity index (χ2n) is 9.22. The molecule has 2 nitrogen and oxygen atoms in total. The Morgan fingerprint density at radius 3 is 2.73 bits per heavy atom. The van der Waals surface area contributed by atoms with Crippen LogP contribution in [0.5, 0.6) is 5.75 Å². The van der Waals surface area contributed by atoms with Gasteiger partial charge in [0.25, 0.3) is 0 Å². The summed E-state index contributed by atoms with van der Waals surface area (Å²) in [5.41, 5.74) is 2.79. The summed E-state index contributed by atoms with van der Waals surface area (Å²) < 4.78 is 0. The fourth-order valence-electron chi connectivity index (χ4n) is 5.47. The van der Waals surface area contributed by atoms with Crippen LogP contribution in [-0.4, -0.2) is 16.8 Å². The van der Waals surface area contributed by atoms with Crippen LogP contribution in [0.4, 0.5) is 0 Å². The summed E-state index contributed by atoms with van der Waals surface area (Å²) in [6, 6.07) is 6.03. The molecule has 0 aromatic heterocycles. The van der Waals surface area contributed by atoms with E-state index >= 15 is 0 Å². The largest absolute Gasteiger partial charge is 0.508 e. The van der Waals surface area contributed by atoms with Gasteiger partial charge in [0.15, 0.2) is 0 Å². The number of hydrogen-bond donors (Lipinski definition) is 2. The molecule has 0 heterocycles. The van der Waals surface area contributed by atoms with Crippen molar-refractivity contribution in [3.63, 3.8) is 0 Å². The maximum atomic E-state index is 10.1. The van der Waals surface area contributed by atoms with Crippen molar-refractivity contribution in [3.8, 4) is 5.75 Å². The van der Waals surface area contributed by atoms with Gasteiger partial charge in [-0.3, -0.25) is 0 Å². The molecule has 2 heteroatoms. The standard InChI is InChI=1S/C24H36O2/c1-18-6-4-10-24(2,17-18)22-9-3-7-19(14-22)12-21-13-20(8-5-11-25)15-23(26)16-21/h4,10,13,15-16,18-19,22,25-26H,3,5-9,11-12,14,17H2,1-2H3/t18-,19-,22-,24-/m0/s1. The van der Waals surface area contributed by atoms with Gasteiger partial charge in [-0.2, -0.15) is 0 Å². The summed E-state index contributed by atoms with van der Waals surface area (Å²) in [5.74, 6) is 2.71. The topological polar surface area (TPSA) is 40.5 Å². The third kappa shape index (κ3) is 4.91. The number of phenols is 1. The van der Waals surface area contributed by atoms with Crippen molar-refractivity contribution in [1.82, 2.24) is 0 Å². The maximum Gasteiger partial charge on any atom is 0.116 e. The van der Waals surface area contributed by atoms with E-state index < -0.39 is 0 Å². The van der Waals surface area contributed by atoms with Crippen molar-refractivity contribution < 1.29 is 10.2 Å². The first-order valence-electron chi connectivity index (χ1n) is 10.6. The van der Waals surface area contributed by atoms with E-state index in [0.29, 0.717) is 11.2 Å². The Hall–Kier alpha value is -1.28. The smallest absolute Gasteiger partial charge is 0.116 e. The molecule has 0 bridgehead atoms. The van der Waals surface area contributed by atoms with Crippen molar-refractivity contribution >= 4 is 0 Å². The lowest BCUT2D eigenvalue weighted by Gasteiger charge is -2.43. The van der Waals surface area contributed by atoms with Gasteiger partial charge in [0.2, 0.25) is 0 Å². The molecule has 0 unspecified atom stereocenters. The molecule has 4 atom stereocenters. The molecule has 0 aliphatic heterocycles. The lowest BCUT2D eigenvalue weighted by atomic mass is 9.61. The summed E-state index contributed by atoms with van der Waals surface area (Å²) in [6.07, 6.45) is 15.5. The Balaban J connectivity index is 1.66. The predicted molar refractivity (Wildman–Crippen MR) is 108 cm³/mol. The zero-order valence-electron chi connectivity index (χ0n) is 16.6. The Kier molecular flexibility index (Phi) is 6.45. The predicted octanol–water partition coefficient (Wildman–Crippen LogP) is 5.66. The van der Waals surface area contributed by atoms with Gasteiger partial charge in [-0.15, -0.1) is 0 Å². The van der Waals surface area contributed by atoms with Crippen LogP contribution in [0.15, 0.2) is 30.4 Å². The average molecular weight is 357 g/mol. The number of aromatic hydroxyl groups is 1. The van der Waals surface area contributed by atoms with Gasteiger partial charge in [-0.25, -0.2) is 0 Å². The minimum absolute atomic E-state index is 0.208. The van der Waals surface area contributed by atoms with Gasteiger partial charge >= 0.3 is 0 Å². The molecule has 1 aromatic rings. The number of aliphatic hydroxyl groups excluding tert-OH is 1. The Morgan fingerprint density at radius 1 is 1.15 bits per heavy atom. The van der Waals surface area contributed by atoms with Gasteiger partial charge in [0.1, 0.15) is 5.75 Å². The average Bonchev–Trinajstić information content (AvgIpc) is 2.59. The van der Waals surface area contributed by atoms with E-state index in [4.69, 9.17) is 5.11 Å². The van der Waals surface area contributed by atoms with Crippen molar-refractivity contribution in [2.75, 3.05) is 6.61 Å². The summed E-state index contributed by atoms with van der Waals surface area (Å²) in [7, 11) is 0. The van der Waals surface area contributed by atoms with E-state index in [-0.39, 0.29) is 6.61 Å². The van der Waals surface area contributed by atoms with Crippen molar-refractivity contribution in [1.29, 1.82) is 0 Å². The van der Waals surface area contributed by atoms with Gasteiger partial charge in [-0.1, -0.05) is 44.9 Å². The minimum Gasteiger partial charge on any atom is -0.508 e. The van der Waals surface area contributed by atoms with Crippen LogP contribution in [0.25, 0.3) is 0 Å². The number of hydrogen-bond acceptors (Lipinski definition) is 2. The number of aliphatic hydroxyl groups is 1. The molecule has 26 heavy (non-hydrogen) atoms. The molecule has 3 rings (SSSR count). The van der Waals surface area contributed by atoms with Crippen molar-refractivity contribution in [3.05, 3.63) is 41.5 Å². The van der Waals surface area contributed by atoms with Gasteiger partial charge in [0.05, 0.1) is 0 Å². The van der Waals surface area contributed by atoms with Gasteiger partial charge in [-0.05, 0) is 91.4 Å². The van der Waals surface area contributed by atoms with Crippen LogP contribution in [0.3, 0.4) is 0 Å². The summed E-state index contributed by atoms with van der Waals surface area (Å²) in [5, 5.41) is 19.1. The second-order valence-corrected chi connectivity index (χ2v) is 9.22. The SMILES string of the molecule is C[C@H]1CC=C[C@](C)([C@H]2CCC[C@@H](Cc3cc(O)cc(CCCO)c3)C2)C1. The van der Waals surface area contributed by atoms with E-state index in [1.54, 1.807) is 0 Å². The first kappa shape index (κ1) is 19.5. The Bertz CT molecular complexity index is 621. The number of allylic oxidation sites excluding steroid dienone is 2. The molecule has 1 saturated carbocycles. The van der Waals surface area contributed by atoms with E-state index in [9.17, 15) is 5.11 Å². The van der Waals surface area contributed by atoms with Crippen LogP contribution in [0.2, 0.25) is 0 Å². The van der Waals surface area contributed by atoms with E-state index in [1.165, 1.54) is 44.1 Å². The number of rotatable bonds is 6. The molecule has 0 spiro atoms. The van der Waals surface area contributed by atoms with Crippen molar-refractivity contribution in [2.45, 2.75) is 71.6 Å². The number of aryl methyl sites for hydroxylation is 1. The fraction of sp³-hybridized carbons (Fsp3) is 0.667. The third-order valence-electron chi connectivity index (χ3n) is 6.73. The molecule has 0 radical (unpaired) electrons. The lowest BCUT2D eigenvalue weighted by Crippen LogP contribution is -2.33. The molecule has 144 valence electrons. The highest BCUT2D eigenvalue weighted by atomic mass is 16.3. The normalized spacial score (nSPS) is 31.9. The highest BCUT2D eigenvalue weighted by Crippen LogP contribution is 2.48. The van der Waals surface area contributed by atoms with Crippen molar-refractivity contribution in [2.24, 2.45) is 23.2 Å². The summed E-state index contributed by atoms with van der Waals surface area (Å²) in [4.78, 5) is 0. The Morgan fingerprint density at radius 2 is 1.96 bits per heavy atom. The zero-order chi connectivity index (χ0) is 18.6. The first-order valence-corrected chi connectivity index (χ1v) is 10.6. The van der Waals surface area contributed by atoms with Crippen LogP contribution in [-0.2, 0) is 12.8 Å². The van der Waals surface area contributed by atoms with Crippen LogP contribution in [0.1, 0.15) is 69.9 Å². The summed E-state index contributed by atoms with van der Waals surface area (Å²) >= 11 is 0. The molecule has 2 aliphatic carbocycles. The first-order chi connectivity index (χ1) is 12.5. The molecular formula is C24H36O2. The minimum atomic E-state index is 0.208. The monoisotopic (exact) mass is 356 g/mol. The quantitative estimate of drug-likeness (QED) is 0.646. The van der Waals surface area contributed by atoms with Crippen LogP contribution < -0.4 is 0 Å². The zero-order valence-corrected chi connectivity index (χ0v) is 16.6. The second kappa shape index (κ2) is 8.61. The van der Waals surface area contributed by atoms with Gasteiger partial charge < -0.3 is 10.2 Å². The Labute approximate surface area is 159 Å². The highest BCUT2D eigenvalue weighted by molar-refractivity contribution is 5.34. The fourth-order valence-corrected chi connectivity index (χ4v) is 5.47. The van der Waals surface area contributed by atoms with Crippen LogP contribution in [0, 0.1) is 23.2 Å². The molecule has 0 amide bonds. The molecule has 2 aliphatic rings. The number of phenolic OH excluding ortho intramolecular Hbond substituents is 1. The number of benzene rings is 1. The molecule has 1 fully saturated rings. The molecule has 1 aromatic carbocycles. The van der Waals surface area contributed by atoms with E-state index in [1.807, 2.05) is 12.1 Å². The maximum absolute atomic E-state index is 10.1. The summed E-state index contributed by atoms with van der Waals surface area (Å²) in [6.45, 7) is 5.08. The molecule has 0 saturated heterocycles. The highest BCUT2D eigenvalue weighted by Gasteiger charge is 2.37. The van der Waals surface area contributed by atoms with E-state index in [2.05, 4.69) is 32.1 Å². The van der Waals surface area contributed by atoms with E-state index in [0.717, 1.165) is 42.6 Å². The lowest BCUT2D eigenvalue weighted by molar-refractivity contribution is 0.119. The van der Waals surface area contributed by atoms with Gasteiger partial charge in [0, 0.05) is 6.61 Å². The third-order valence-corrected chi connectivity index (χ3v) is 6.73. The molecule has 2 N–H and O–H groups in total.